The van der Waals surface area contributed by atoms with E-state index in [1.54, 1.807) is 13.3 Å². The van der Waals surface area contributed by atoms with E-state index in [1.807, 2.05) is 24.4 Å². The molecule has 1 unspecified atom stereocenters. The van der Waals surface area contributed by atoms with Crippen LogP contribution in [0, 0.1) is 0 Å². The first kappa shape index (κ1) is 13.2. The second kappa shape index (κ2) is 6.09. The molecule has 1 heterocycles. The second-order valence-electron chi connectivity index (χ2n) is 4.28. The number of hydrogen-bond donors (Lipinski definition) is 1. The molecule has 0 saturated heterocycles. The monoisotopic (exact) mass is 257 g/mol. The summed E-state index contributed by atoms with van der Waals surface area (Å²) >= 11 is 0. The van der Waals surface area contributed by atoms with E-state index in [4.69, 9.17) is 4.74 Å². The van der Waals surface area contributed by atoms with E-state index in [-0.39, 0.29) is 6.04 Å². The SMILES string of the molecule is C=CCNc1nccn1C(C)c1ccc(OC)cc1. The highest BCUT2D eigenvalue weighted by Crippen LogP contribution is 2.23. The third kappa shape index (κ3) is 2.96. The van der Waals surface area contributed by atoms with Gasteiger partial charge >= 0.3 is 0 Å². The summed E-state index contributed by atoms with van der Waals surface area (Å²) in [5, 5.41) is 3.23. The number of aromatic nitrogens is 2. The van der Waals surface area contributed by atoms with Crippen molar-refractivity contribution >= 4 is 5.95 Å². The van der Waals surface area contributed by atoms with Crippen LogP contribution in [-0.2, 0) is 0 Å². The molecule has 4 heteroatoms. The Hall–Kier alpha value is -2.23. The highest BCUT2D eigenvalue weighted by molar-refractivity contribution is 5.33. The van der Waals surface area contributed by atoms with Gasteiger partial charge in [0.25, 0.3) is 0 Å². The van der Waals surface area contributed by atoms with E-state index < -0.39 is 0 Å². The standard InChI is InChI=1S/C15H19N3O/c1-4-9-16-15-17-10-11-18(15)12(2)13-5-7-14(19-3)8-6-13/h4-8,10-12H,1,9H2,2-3H3,(H,16,17). The number of nitrogens with one attached hydrogen (secondary N) is 1. The van der Waals surface area contributed by atoms with Gasteiger partial charge in [0.2, 0.25) is 5.95 Å². The molecule has 1 aromatic heterocycles. The maximum atomic E-state index is 5.17. The zero-order valence-corrected chi connectivity index (χ0v) is 11.3. The van der Waals surface area contributed by atoms with Gasteiger partial charge in [0.15, 0.2) is 0 Å². The van der Waals surface area contributed by atoms with E-state index >= 15 is 0 Å². The lowest BCUT2D eigenvalue weighted by Gasteiger charge is -2.17. The van der Waals surface area contributed by atoms with Crippen LogP contribution in [0.25, 0.3) is 0 Å². The van der Waals surface area contributed by atoms with Crippen molar-refractivity contribution in [1.29, 1.82) is 0 Å². The lowest BCUT2D eigenvalue weighted by atomic mass is 10.1. The Morgan fingerprint density at radius 3 is 2.79 bits per heavy atom. The average molecular weight is 257 g/mol. The number of methoxy groups -OCH3 is 1. The highest BCUT2D eigenvalue weighted by Gasteiger charge is 2.11. The Labute approximate surface area is 113 Å². The van der Waals surface area contributed by atoms with Gasteiger partial charge in [0, 0.05) is 18.9 Å². The van der Waals surface area contributed by atoms with Gasteiger partial charge in [-0.25, -0.2) is 4.98 Å². The number of ether oxygens (including phenoxy) is 1. The second-order valence-corrected chi connectivity index (χ2v) is 4.28. The first-order valence-corrected chi connectivity index (χ1v) is 6.27. The minimum absolute atomic E-state index is 0.209. The van der Waals surface area contributed by atoms with E-state index in [2.05, 4.69) is 40.5 Å². The van der Waals surface area contributed by atoms with Crippen LogP contribution in [0.2, 0.25) is 0 Å². The molecule has 0 fully saturated rings. The van der Waals surface area contributed by atoms with Crippen molar-refractivity contribution in [1.82, 2.24) is 9.55 Å². The summed E-state index contributed by atoms with van der Waals surface area (Å²) < 4.78 is 7.28. The normalized spacial score (nSPS) is 11.9. The van der Waals surface area contributed by atoms with Crippen molar-refractivity contribution < 1.29 is 4.74 Å². The van der Waals surface area contributed by atoms with Crippen molar-refractivity contribution in [2.45, 2.75) is 13.0 Å². The molecule has 0 aliphatic heterocycles. The van der Waals surface area contributed by atoms with Crippen LogP contribution in [0.5, 0.6) is 5.75 Å². The molecule has 1 N–H and O–H groups in total. The minimum atomic E-state index is 0.209. The molecule has 100 valence electrons. The molecular weight excluding hydrogens is 238 g/mol. The van der Waals surface area contributed by atoms with Crippen LogP contribution in [0.1, 0.15) is 18.5 Å². The van der Waals surface area contributed by atoms with Crippen molar-refractivity contribution in [3.05, 3.63) is 54.9 Å². The van der Waals surface area contributed by atoms with Gasteiger partial charge in [-0.05, 0) is 24.6 Å². The van der Waals surface area contributed by atoms with E-state index in [9.17, 15) is 0 Å². The topological polar surface area (TPSA) is 39.1 Å². The van der Waals surface area contributed by atoms with Gasteiger partial charge in [0.1, 0.15) is 5.75 Å². The Morgan fingerprint density at radius 2 is 2.16 bits per heavy atom. The largest absolute Gasteiger partial charge is 0.497 e. The maximum Gasteiger partial charge on any atom is 0.203 e. The number of benzene rings is 1. The maximum absolute atomic E-state index is 5.17. The van der Waals surface area contributed by atoms with Crippen molar-refractivity contribution in [3.63, 3.8) is 0 Å². The Balaban J connectivity index is 2.20. The molecule has 0 spiro atoms. The smallest absolute Gasteiger partial charge is 0.203 e. The Morgan fingerprint density at radius 1 is 1.42 bits per heavy atom. The molecule has 0 aliphatic carbocycles. The molecule has 1 atom stereocenters. The summed E-state index contributed by atoms with van der Waals surface area (Å²) in [7, 11) is 1.67. The summed E-state index contributed by atoms with van der Waals surface area (Å²) in [5.74, 6) is 1.72. The first-order chi connectivity index (χ1) is 9.26. The summed E-state index contributed by atoms with van der Waals surface area (Å²) in [5.41, 5.74) is 1.21. The van der Waals surface area contributed by atoms with Gasteiger partial charge in [-0.2, -0.15) is 0 Å². The molecule has 0 saturated carbocycles. The summed E-state index contributed by atoms with van der Waals surface area (Å²) in [6.07, 6.45) is 5.59. The van der Waals surface area contributed by atoms with Crippen molar-refractivity contribution in [3.8, 4) is 5.75 Å². The molecule has 0 radical (unpaired) electrons. The van der Waals surface area contributed by atoms with E-state index in [0.717, 1.165) is 11.7 Å². The van der Waals surface area contributed by atoms with Gasteiger partial charge in [-0.15, -0.1) is 6.58 Å². The van der Waals surface area contributed by atoms with Crippen LogP contribution in [0.15, 0.2) is 49.3 Å². The van der Waals surface area contributed by atoms with Crippen LogP contribution in [0.4, 0.5) is 5.95 Å². The number of anilines is 1. The van der Waals surface area contributed by atoms with Gasteiger partial charge in [-0.1, -0.05) is 18.2 Å². The third-order valence-corrected chi connectivity index (χ3v) is 3.09. The molecule has 1 aromatic carbocycles. The lowest BCUT2D eigenvalue weighted by molar-refractivity contribution is 0.414. The molecule has 0 bridgehead atoms. The molecule has 4 nitrogen and oxygen atoms in total. The Bertz CT molecular complexity index is 531. The summed E-state index contributed by atoms with van der Waals surface area (Å²) in [6.45, 7) is 6.54. The highest BCUT2D eigenvalue weighted by atomic mass is 16.5. The molecule has 19 heavy (non-hydrogen) atoms. The number of rotatable bonds is 6. The van der Waals surface area contributed by atoms with Gasteiger partial charge in [-0.3, -0.25) is 0 Å². The van der Waals surface area contributed by atoms with Gasteiger partial charge in [0.05, 0.1) is 13.2 Å². The zero-order chi connectivity index (χ0) is 13.7. The van der Waals surface area contributed by atoms with Crippen LogP contribution < -0.4 is 10.1 Å². The minimum Gasteiger partial charge on any atom is -0.497 e. The van der Waals surface area contributed by atoms with Crippen molar-refractivity contribution in [2.75, 3.05) is 19.0 Å². The molecule has 2 rings (SSSR count). The third-order valence-electron chi connectivity index (χ3n) is 3.09. The van der Waals surface area contributed by atoms with Crippen LogP contribution >= 0.6 is 0 Å². The molecule has 2 aromatic rings. The lowest BCUT2D eigenvalue weighted by Crippen LogP contribution is -2.11. The van der Waals surface area contributed by atoms with Crippen molar-refractivity contribution in [2.24, 2.45) is 0 Å². The molecule has 0 aliphatic rings. The van der Waals surface area contributed by atoms with Crippen LogP contribution in [-0.4, -0.2) is 23.2 Å². The summed E-state index contributed by atoms with van der Waals surface area (Å²) in [4.78, 5) is 4.31. The fourth-order valence-corrected chi connectivity index (χ4v) is 1.97. The number of nitrogens with zero attached hydrogens (tertiary/aromatic N) is 2. The number of imidazole rings is 1. The average Bonchev–Trinajstić information content (AvgIpc) is 2.92. The predicted octanol–water partition coefficient (Wildman–Crippen LogP) is 3.10. The zero-order valence-electron chi connectivity index (χ0n) is 11.3. The van der Waals surface area contributed by atoms with Crippen LogP contribution in [0.3, 0.4) is 0 Å². The molecule has 0 amide bonds. The van der Waals surface area contributed by atoms with E-state index in [0.29, 0.717) is 6.54 Å². The van der Waals surface area contributed by atoms with Gasteiger partial charge < -0.3 is 14.6 Å². The predicted molar refractivity (Wildman–Crippen MR) is 77.7 cm³/mol. The fourth-order valence-electron chi connectivity index (χ4n) is 1.97. The quantitative estimate of drug-likeness (QED) is 0.808. The first-order valence-electron chi connectivity index (χ1n) is 6.27. The Kier molecular flexibility index (Phi) is 4.23. The van der Waals surface area contributed by atoms with E-state index in [1.165, 1.54) is 5.56 Å². The number of hydrogen-bond acceptors (Lipinski definition) is 3. The summed E-state index contributed by atoms with van der Waals surface area (Å²) in [6, 6.07) is 8.29. The fraction of sp³-hybridized carbons (Fsp3) is 0.267. The molecular formula is C15H19N3O.